The van der Waals surface area contributed by atoms with E-state index in [1.807, 2.05) is 37.3 Å². The predicted octanol–water partition coefficient (Wildman–Crippen LogP) is 2.69. The SMILES string of the molecule is CCNC(=NCC(=O)NCc1ccccc1)NCC(c1ccccc1)N1CCCC1. The van der Waals surface area contributed by atoms with Crippen molar-refractivity contribution in [3.05, 3.63) is 71.8 Å². The molecule has 1 amide bonds. The molecule has 1 heterocycles. The Morgan fingerprint density at radius 3 is 2.30 bits per heavy atom. The van der Waals surface area contributed by atoms with Gasteiger partial charge in [-0.05, 0) is 44.0 Å². The van der Waals surface area contributed by atoms with Crippen LogP contribution in [-0.2, 0) is 11.3 Å². The maximum absolute atomic E-state index is 12.2. The Morgan fingerprint density at radius 1 is 0.967 bits per heavy atom. The lowest BCUT2D eigenvalue weighted by molar-refractivity contribution is -0.119. The second-order valence-electron chi connectivity index (χ2n) is 7.51. The van der Waals surface area contributed by atoms with Gasteiger partial charge in [0.15, 0.2) is 5.96 Å². The van der Waals surface area contributed by atoms with E-state index in [0.29, 0.717) is 18.5 Å². The number of guanidine groups is 1. The number of benzene rings is 2. The zero-order valence-electron chi connectivity index (χ0n) is 17.8. The minimum atomic E-state index is -0.0878. The highest BCUT2D eigenvalue weighted by Crippen LogP contribution is 2.24. The van der Waals surface area contributed by atoms with E-state index in [-0.39, 0.29) is 12.5 Å². The molecule has 1 unspecified atom stereocenters. The molecule has 160 valence electrons. The lowest BCUT2D eigenvalue weighted by Crippen LogP contribution is -2.43. The van der Waals surface area contributed by atoms with Crippen molar-refractivity contribution in [2.45, 2.75) is 32.4 Å². The molecule has 3 N–H and O–H groups in total. The van der Waals surface area contributed by atoms with Crippen LogP contribution >= 0.6 is 0 Å². The number of nitrogens with zero attached hydrogens (tertiary/aromatic N) is 2. The number of carbonyl (C=O) groups excluding carboxylic acids is 1. The number of carbonyl (C=O) groups is 1. The van der Waals surface area contributed by atoms with Gasteiger partial charge in [0, 0.05) is 19.6 Å². The van der Waals surface area contributed by atoms with Gasteiger partial charge < -0.3 is 16.0 Å². The van der Waals surface area contributed by atoms with Gasteiger partial charge in [0.1, 0.15) is 6.54 Å². The van der Waals surface area contributed by atoms with Gasteiger partial charge in [0.2, 0.25) is 5.91 Å². The molecule has 0 aliphatic carbocycles. The number of aliphatic imine (C=N–C) groups is 1. The summed E-state index contributed by atoms with van der Waals surface area (Å²) in [5.41, 5.74) is 2.39. The number of hydrogen-bond acceptors (Lipinski definition) is 3. The highest BCUT2D eigenvalue weighted by atomic mass is 16.1. The Hall–Kier alpha value is -2.86. The van der Waals surface area contributed by atoms with E-state index in [2.05, 4.69) is 56.2 Å². The maximum atomic E-state index is 12.2. The molecule has 0 radical (unpaired) electrons. The van der Waals surface area contributed by atoms with E-state index in [0.717, 1.165) is 31.7 Å². The zero-order chi connectivity index (χ0) is 21.0. The number of hydrogen-bond donors (Lipinski definition) is 3. The second-order valence-corrected chi connectivity index (χ2v) is 7.51. The largest absolute Gasteiger partial charge is 0.357 e. The van der Waals surface area contributed by atoms with Crippen LogP contribution in [0.15, 0.2) is 65.7 Å². The predicted molar refractivity (Wildman–Crippen MR) is 122 cm³/mol. The molecule has 1 saturated heterocycles. The molecule has 1 atom stereocenters. The minimum absolute atomic E-state index is 0.0878. The quantitative estimate of drug-likeness (QED) is 0.442. The fourth-order valence-corrected chi connectivity index (χ4v) is 3.72. The first kappa shape index (κ1) is 21.8. The van der Waals surface area contributed by atoms with Crippen LogP contribution < -0.4 is 16.0 Å². The molecule has 1 fully saturated rings. The average Bonchev–Trinajstić information content (AvgIpc) is 3.32. The fourth-order valence-electron chi connectivity index (χ4n) is 3.72. The number of rotatable bonds is 9. The van der Waals surface area contributed by atoms with Crippen molar-refractivity contribution in [2.24, 2.45) is 4.99 Å². The summed E-state index contributed by atoms with van der Waals surface area (Å²) < 4.78 is 0. The second kappa shape index (κ2) is 12.0. The van der Waals surface area contributed by atoms with E-state index in [1.54, 1.807) is 0 Å². The number of nitrogens with one attached hydrogen (secondary N) is 3. The Morgan fingerprint density at radius 2 is 1.63 bits per heavy atom. The van der Waals surface area contributed by atoms with Gasteiger partial charge in [0.25, 0.3) is 0 Å². The monoisotopic (exact) mass is 407 g/mol. The van der Waals surface area contributed by atoms with Crippen molar-refractivity contribution in [3.63, 3.8) is 0 Å². The zero-order valence-corrected chi connectivity index (χ0v) is 17.8. The first-order valence-electron chi connectivity index (χ1n) is 10.9. The van der Waals surface area contributed by atoms with Crippen LogP contribution in [-0.4, -0.2) is 49.5 Å². The van der Waals surface area contributed by atoms with Crippen molar-refractivity contribution >= 4 is 11.9 Å². The van der Waals surface area contributed by atoms with Gasteiger partial charge in [-0.25, -0.2) is 4.99 Å². The Balaban J connectivity index is 1.55. The summed E-state index contributed by atoms with van der Waals surface area (Å²) in [6.07, 6.45) is 2.50. The summed E-state index contributed by atoms with van der Waals surface area (Å²) in [6.45, 7) is 6.39. The van der Waals surface area contributed by atoms with E-state index < -0.39 is 0 Å². The van der Waals surface area contributed by atoms with Crippen LogP contribution in [0.5, 0.6) is 0 Å². The van der Waals surface area contributed by atoms with Crippen LogP contribution in [0.25, 0.3) is 0 Å². The highest BCUT2D eigenvalue weighted by Gasteiger charge is 2.23. The van der Waals surface area contributed by atoms with Crippen LogP contribution in [0.2, 0.25) is 0 Å². The molecule has 30 heavy (non-hydrogen) atoms. The Bertz CT molecular complexity index is 788. The maximum Gasteiger partial charge on any atom is 0.242 e. The Kier molecular flexibility index (Phi) is 8.72. The van der Waals surface area contributed by atoms with E-state index in [1.165, 1.54) is 18.4 Å². The first-order chi connectivity index (χ1) is 14.8. The molecule has 0 bridgehead atoms. The molecular weight excluding hydrogens is 374 g/mol. The van der Waals surface area contributed by atoms with Gasteiger partial charge in [-0.3, -0.25) is 9.69 Å². The molecule has 2 aromatic carbocycles. The van der Waals surface area contributed by atoms with Gasteiger partial charge >= 0.3 is 0 Å². The molecule has 1 aliphatic rings. The van der Waals surface area contributed by atoms with Crippen molar-refractivity contribution < 1.29 is 4.79 Å². The van der Waals surface area contributed by atoms with Crippen LogP contribution in [0, 0.1) is 0 Å². The third kappa shape index (κ3) is 6.88. The van der Waals surface area contributed by atoms with Crippen molar-refractivity contribution in [2.75, 3.05) is 32.7 Å². The minimum Gasteiger partial charge on any atom is -0.357 e. The summed E-state index contributed by atoms with van der Waals surface area (Å²) in [5.74, 6) is 0.586. The number of likely N-dealkylation sites (tertiary alicyclic amines) is 1. The van der Waals surface area contributed by atoms with Gasteiger partial charge in [-0.2, -0.15) is 0 Å². The van der Waals surface area contributed by atoms with Crippen LogP contribution in [0.1, 0.15) is 36.9 Å². The summed E-state index contributed by atoms with van der Waals surface area (Å²) in [5, 5.41) is 9.61. The molecule has 6 heteroatoms. The van der Waals surface area contributed by atoms with Crippen molar-refractivity contribution in [1.29, 1.82) is 0 Å². The normalized spacial score (nSPS) is 15.6. The highest BCUT2D eigenvalue weighted by molar-refractivity contribution is 5.84. The smallest absolute Gasteiger partial charge is 0.242 e. The van der Waals surface area contributed by atoms with Crippen LogP contribution in [0.3, 0.4) is 0 Å². The number of amides is 1. The van der Waals surface area contributed by atoms with Crippen molar-refractivity contribution in [3.8, 4) is 0 Å². The molecule has 6 nitrogen and oxygen atoms in total. The summed E-state index contributed by atoms with van der Waals surface area (Å²) >= 11 is 0. The van der Waals surface area contributed by atoms with Gasteiger partial charge in [0.05, 0.1) is 6.04 Å². The molecule has 0 saturated carbocycles. The van der Waals surface area contributed by atoms with E-state index in [4.69, 9.17) is 0 Å². The molecule has 2 aromatic rings. The molecule has 3 rings (SSSR count). The lowest BCUT2D eigenvalue weighted by Gasteiger charge is -2.29. The van der Waals surface area contributed by atoms with Gasteiger partial charge in [-0.15, -0.1) is 0 Å². The van der Waals surface area contributed by atoms with Crippen LogP contribution in [0.4, 0.5) is 0 Å². The van der Waals surface area contributed by atoms with Crippen molar-refractivity contribution in [1.82, 2.24) is 20.9 Å². The summed E-state index contributed by atoms with van der Waals surface area (Å²) in [6, 6.07) is 20.8. The molecule has 0 spiro atoms. The Labute approximate surface area is 179 Å². The lowest BCUT2D eigenvalue weighted by atomic mass is 10.1. The summed E-state index contributed by atoms with van der Waals surface area (Å²) in [7, 11) is 0. The standard InChI is InChI=1S/C24H33N5O/c1-2-25-24(28-19-23(30)26-17-20-11-5-3-6-12-20)27-18-22(29-15-9-10-16-29)21-13-7-4-8-14-21/h3-8,11-14,22H,2,9-10,15-19H2,1H3,(H,26,30)(H2,25,27,28). The fraction of sp³-hybridized carbons (Fsp3) is 0.417. The third-order valence-electron chi connectivity index (χ3n) is 5.29. The molecule has 0 aromatic heterocycles. The first-order valence-corrected chi connectivity index (χ1v) is 10.9. The van der Waals surface area contributed by atoms with E-state index >= 15 is 0 Å². The molecule has 1 aliphatic heterocycles. The van der Waals surface area contributed by atoms with E-state index in [9.17, 15) is 4.79 Å². The van der Waals surface area contributed by atoms with Gasteiger partial charge in [-0.1, -0.05) is 60.7 Å². The average molecular weight is 408 g/mol. The summed E-state index contributed by atoms with van der Waals surface area (Å²) in [4.78, 5) is 19.2. The third-order valence-corrected chi connectivity index (χ3v) is 5.29. The molecular formula is C24H33N5O. The topological polar surface area (TPSA) is 68.8 Å².